The highest BCUT2D eigenvalue weighted by Gasteiger charge is 2.20. The molecule has 0 fully saturated rings. The summed E-state index contributed by atoms with van der Waals surface area (Å²) in [6.45, 7) is 6.28. The largest absolute Gasteiger partial charge is 0.478 e. The van der Waals surface area contributed by atoms with E-state index in [1.165, 1.54) is 6.07 Å². The molecule has 4 N–H and O–H groups in total. The van der Waals surface area contributed by atoms with Crippen LogP contribution in [0.4, 0.5) is 11.4 Å². The van der Waals surface area contributed by atoms with Crippen molar-refractivity contribution < 1.29 is 9.90 Å². The normalized spacial score (nSPS) is 11.2. The van der Waals surface area contributed by atoms with Crippen LogP contribution < -0.4 is 11.1 Å². The van der Waals surface area contributed by atoms with Crippen LogP contribution in [-0.4, -0.2) is 16.6 Å². The minimum Gasteiger partial charge on any atom is -0.478 e. The zero-order chi connectivity index (χ0) is 13.1. The van der Waals surface area contributed by atoms with Gasteiger partial charge in [0, 0.05) is 5.54 Å². The molecule has 0 spiro atoms. The summed E-state index contributed by atoms with van der Waals surface area (Å²) in [6.07, 6.45) is 1.89. The highest BCUT2D eigenvalue weighted by molar-refractivity contribution is 5.90. The van der Waals surface area contributed by atoms with E-state index < -0.39 is 5.97 Å². The molecule has 0 aliphatic rings. The van der Waals surface area contributed by atoms with E-state index in [9.17, 15) is 4.79 Å². The van der Waals surface area contributed by atoms with Crippen LogP contribution in [0.3, 0.4) is 0 Å². The molecule has 94 valence electrons. The smallest absolute Gasteiger partial charge is 0.335 e. The van der Waals surface area contributed by atoms with Crippen LogP contribution in [-0.2, 0) is 0 Å². The summed E-state index contributed by atoms with van der Waals surface area (Å²) in [5, 5.41) is 12.3. The summed E-state index contributed by atoms with van der Waals surface area (Å²) >= 11 is 0. The molecule has 0 aliphatic carbocycles. The molecular weight excluding hydrogens is 216 g/mol. The van der Waals surface area contributed by atoms with Gasteiger partial charge in [0.2, 0.25) is 0 Å². The molecular formula is C13H20N2O2. The molecule has 1 aromatic rings. The maximum atomic E-state index is 10.9. The predicted molar refractivity (Wildman–Crippen MR) is 70.4 cm³/mol. The Hall–Kier alpha value is -1.71. The van der Waals surface area contributed by atoms with Gasteiger partial charge in [0.1, 0.15) is 0 Å². The molecule has 0 atom stereocenters. The highest BCUT2D eigenvalue weighted by atomic mass is 16.4. The van der Waals surface area contributed by atoms with Crippen molar-refractivity contribution in [2.45, 2.75) is 39.2 Å². The number of aromatic carboxylic acids is 1. The molecule has 1 rings (SSSR count). The molecule has 1 aromatic carbocycles. The third-order valence-electron chi connectivity index (χ3n) is 3.30. The van der Waals surface area contributed by atoms with E-state index in [1.807, 2.05) is 0 Å². The zero-order valence-corrected chi connectivity index (χ0v) is 10.6. The Morgan fingerprint density at radius 1 is 1.41 bits per heavy atom. The van der Waals surface area contributed by atoms with Crippen LogP contribution in [0.5, 0.6) is 0 Å². The molecule has 0 aromatic heterocycles. The maximum Gasteiger partial charge on any atom is 0.335 e. The first-order valence-electron chi connectivity index (χ1n) is 5.83. The number of carboxylic acids is 1. The third kappa shape index (κ3) is 3.12. The van der Waals surface area contributed by atoms with Crippen molar-refractivity contribution in [2.75, 3.05) is 11.1 Å². The number of carboxylic acid groups (broad SMARTS) is 1. The summed E-state index contributed by atoms with van der Waals surface area (Å²) in [7, 11) is 0. The molecule has 0 saturated heterocycles. The van der Waals surface area contributed by atoms with E-state index in [4.69, 9.17) is 10.8 Å². The fourth-order valence-corrected chi connectivity index (χ4v) is 1.55. The Labute approximate surface area is 102 Å². The zero-order valence-electron chi connectivity index (χ0n) is 10.6. The lowest BCUT2D eigenvalue weighted by atomic mass is 9.95. The summed E-state index contributed by atoms with van der Waals surface area (Å²) in [4.78, 5) is 10.9. The highest BCUT2D eigenvalue weighted by Crippen LogP contribution is 2.27. The van der Waals surface area contributed by atoms with Gasteiger partial charge in [0.05, 0.1) is 16.9 Å². The molecule has 0 heterocycles. The monoisotopic (exact) mass is 236 g/mol. The van der Waals surface area contributed by atoms with Gasteiger partial charge >= 0.3 is 5.97 Å². The lowest BCUT2D eigenvalue weighted by Crippen LogP contribution is -2.33. The van der Waals surface area contributed by atoms with E-state index in [2.05, 4.69) is 26.1 Å². The maximum absolute atomic E-state index is 10.9. The summed E-state index contributed by atoms with van der Waals surface area (Å²) in [5.74, 6) is -0.942. The van der Waals surface area contributed by atoms with Gasteiger partial charge in [0.25, 0.3) is 0 Å². The second kappa shape index (κ2) is 5.08. The van der Waals surface area contributed by atoms with Crippen LogP contribution in [0.2, 0.25) is 0 Å². The molecule has 0 saturated carbocycles. The van der Waals surface area contributed by atoms with Crippen LogP contribution in [0.25, 0.3) is 0 Å². The van der Waals surface area contributed by atoms with Gasteiger partial charge in [-0.3, -0.25) is 0 Å². The van der Waals surface area contributed by atoms with Crippen molar-refractivity contribution in [3.8, 4) is 0 Å². The average molecular weight is 236 g/mol. The molecule has 0 aliphatic heterocycles. The minimum atomic E-state index is -0.942. The Balaban J connectivity index is 3.05. The van der Waals surface area contributed by atoms with Crippen molar-refractivity contribution in [1.29, 1.82) is 0 Å². The molecule has 4 nitrogen and oxygen atoms in total. The second-order valence-electron chi connectivity index (χ2n) is 4.50. The number of nitrogens with two attached hydrogens (primary N) is 1. The fourth-order valence-electron chi connectivity index (χ4n) is 1.55. The van der Waals surface area contributed by atoms with Crippen molar-refractivity contribution in [2.24, 2.45) is 0 Å². The molecule has 17 heavy (non-hydrogen) atoms. The first kappa shape index (κ1) is 13.4. The Morgan fingerprint density at radius 3 is 2.47 bits per heavy atom. The lowest BCUT2D eigenvalue weighted by molar-refractivity contribution is 0.0697. The molecule has 0 unspecified atom stereocenters. The van der Waals surface area contributed by atoms with Gasteiger partial charge in [-0.2, -0.15) is 0 Å². The summed E-state index contributed by atoms with van der Waals surface area (Å²) in [6, 6.07) is 4.72. The SMILES string of the molecule is CCC(C)(CC)Nc1cc(C(=O)O)ccc1N. The Morgan fingerprint density at radius 2 is 2.00 bits per heavy atom. The van der Waals surface area contributed by atoms with E-state index >= 15 is 0 Å². The van der Waals surface area contributed by atoms with E-state index in [0.29, 0.717) is 11.4 Å². The average Bonchev–Trinajstić information content (AvgIpc) is 2.31. The molecule has 0 radical (unpaired) electrons. The summed E-state index contributed by atoms with van der Waals surface area (Å²) < 4.78 is 0. The molecule has 0 bridgehead atoms. The van der Waals surface area contributed by atoms with Gasteiger partial charge in [-0.15, -0.1) is 0 Å². The number of carbonyl (C=O) groups is 1. The number of hydrogen-bond acceptors (Lipinski definition) is 3. The van der Waals surface area contributed by atoms with Crippen LogP contribution in [0, 0.1) is 0 Å². The Bertz CT molecular complexity index is 412. The number of benzene rings is 1. The second-order valence-corrected chi connectivity index (χ2v) is 4.50. The van der Waals surface area contributed by atoms with Gasteiger partial charge in [0.15, 0.2) is 0 Å². The first-order valence-corrected chi connectivity index (χ1v) is 5.83. The van der Waals surface area contributed by atoms with Crippen LogP contribution in [0.1, 0.15) is 44.0 Å². The van der Waals surface area contributed by atoms with Crippen molar-refractivity contribution in [1.82, 2.24) is 0 Å². The minimum absolute atomic E-state index is 0.0642. The lowest BCUT2D eigenvalue weighted by Gasteiger charge is -2.30. The van der Waals surface area contributed by atoms with Gasteiger partial charge in [-0.25, -0.2) is 4.79 Å². The predicted octanol–water partition coefficient (Wildman–Crippen LogP) is 2.96. The van der Waals surface area contributed by atoms with Crippen LogP contribution in [0.15, 0.2) is 18.2 Å². The Kier molecular flexibility index (Phi) is 3.99. The number of nitrogens with one attached hydrogen (secondary N) is 1. The third-order valence-corrected chi connectivity index (χ3v) is 3.30. The topological polar surface area (TPSA) is 75.3 Å². The van der Waals surface area contributed by atoms with Gasteiger partial charge in [-0.05, 0) is 38.0 Å². The number of rotatable bonds is 5. The summed E-state index contributed by atoms with van der Waals surface area (Å²) in [5.41, 5.74) is 7.30. The van der Waals surface area contributed by atoms with E-state index in [1.54, 1.807) is 12.1 Å². The molecule has 4 heteroatoms. The number of nitrogen functional groups attached to an aromatic ring is 1. The number of hydrogen-bond donors (Lipinski definition) is 3. The first-order chi connectivity index (χ1) is 7.91. The molecule has 0 amide bonds. The quantitative estimate of drug-likeness (QED) is 0.687. The van der Waals surface area contributed by atoms with Gasteiger partial charge in [-0.1, -0.05) is 13.8 Å². The van der Waals surface area contributed by atoms with Crippen molar-refractivity contribution in [3.63, 3.8) is 0 Å². The van der Waals surface area contributed by atoms with Crippen LogP contribution >= 0.6 is 0 Å². The van der Waals surface area contributed by atoms with E-state index in [0.717, 1.165) is 12.8 Å². The fraction of sp³-hybridized carbons (Fsp3) is 0.462. The van der Waals surface area contributed by atoms with Crippen molar-refractivity contribution >= 4 is 17.3 Å². The van der Waals surface area contributed by atoms with Gasteiger partial charge < -0.3 is 16.2 Å². The standard InChI is InChI=1S/C13H20N2O2/c1-4-13(3,5-2)15-11-8-9(12(16)17)6-7-10(11)14/h6-8,15H,4-5,14H2,1-3H3,(H,16,17). The number of anilines is 2. The van der Waals surface area contributed by atoms with Crippen molar-refractivity contribution in [3.05, 3.63) is 23.8 Å². The van der Waals surface area contributed by atoms with E-state index in [-0.39, 0.29) is 11.1 Å².